The second-order valence-corrected chi connectivity index (χ2v) is 7.15. The SMILES string of the molecule is Cc1cc(OCCOc2ccccc2CNC(=O)CCC(=O)O)ccc1C(C)C. The number of para-hydroxylation sites is 1. The van der Waals surface area contributed by atoms with E-state index in [0.29, 0.717) is 24.9 Å². The first kappa shape index (κ1) is 22.3. The Balaban J connectivity index is 1.81. The number of hydrogen-bond donors (Lipinski definition) is 2. The van der Waals surface area contributed by atoms with E-state index in [1.165, 1.54) is 11.1 Å². The highest BCUT2D eigenvalue weighted by atomic mass is 16.5. The Kier molecular flexibility index (Phi) is 8.52. The summed E-state index contributed by atoms with van der Waals surface area (Å²) in [5, 5.41) is 11.4. The van der Waals surface area contributed by atoms with Gasteiger partial charge in [-0.3, -0.25) is 9.59 Å². The Bertz CT molecular complexity index is 832. The molecule has 0 aromatic heterocycles. The van der Waals surface area contributed by atoms with Crippen LogP contribution in [-0.2, 0) is 16.1 Å². The number of rotatable bonds is 11. The summed E-state index contributed by atoms with van der Waals surface area (Å²) in [7, 11) is 0. The van der Waals surface area contributed by atoms with Crippen LogP contribution in [0.4, 0.5) is 0 Å². The Morgan fingerprint density at radius 1 is 1.03 bits per heavy atom. The van der Waals surface area contributed by atoms with Crippen molar-refractivity contribution in [3.05, 3.63) is 59.2 Å². The smallest absolute Gasteiger partial charge is 0.303 e. The van der Waals surface area contributed by atoms with E-state index in [2.05, 4.69) is 32.2 Å². The third-order valence-corrected chi connectivity index (χ3v) is 4.49. The van der Waals surface area contributed by atoms with E-state index in [4.69, 9.17) is 14.6 Å². The molecule has 0 atom stereocenters. The van der Waals surface area contributed by atoms with E-state index in [9.17, 15) is 9.59 Å². The van der Waals surface area contributed by atoms with Crippen molar-refractivity contribution in [2.45, 2.75) is 46.1 Å². The topological polar surface area (TPSA) is 84.9 Å². The van der Waals surface area contributed by atoms with E-state index < -0.39 is 5.97 Å². The van der Waals surface area contributed by atoms with E-state index in [1.54, 1.807) is 0 Å². The molecule has 0 saturated carbocycles. The maximum atomic E-state index is 11.7. The number of ether oxygens (including phenoxy) is 2. The molecule has 2 rings (SSSR count). The minimum Gasteiger partial charge on any atom is -0.490 e. The first-order valence-corrected chi connectivity index (χ1v) is 9.79. The fourth-order valence-electron chi connectivity index (χ4n) is 2.99. The highest BCUT2D eigenvalue weighted by Crippen LogP contribution is 2.23. The minimum absolute atomic E-state index is 0.0405. The molecule has 0 aliphatic heterocycles. The van der Waals surface area contributed by atoms with Gasteiger partial charge in [-0.15, -0.1) is 0 Å². The minimum atomic E-state index is -0.988. The molecule has 0 saturated heterocycles. The number of hydrogen-bond acceptors (Lipinski definition) is 4. The maximum absolute atomic E-state index is 11.7. The molecular weight excluding hydrogens is 370 g/mol. The van der Waals surface area contributed by atoms with Crippen LogP contribution in [0.2, 0.25) is 0 Å². The van der Waals surface area contributed by atoms with E-state index in [1.807, 2.05) is 36.4 Å². The van der Waals surface area contributed by atoms with Crippen molar-refractivity contribution < 1.29 is 24.2 Å². The van der Waals surface area contributed by atoms with Gasteiger partial charge in [0.05, 0.1) is 6.42 Å². The molecule has 0 radical (unpaired) electrons. The van der Waals surface area contributed by atoms with E-state index >= 15 is 0 Å². The number of carboxylic acids is 1. The predicted molar refractivity (Wildman–Crippen MR) is 111 cm³/mol. The lowest BCUT2D eigenvalue weighted by Crippen LogP contribution is -2.23. The fourth-order valence-corrected chi connectivity index (χ4v) is 2.99. The van der Waals surface area contributed by atoms with Crippen LogP contribution in [-0.4, -0.2) is 30.2 Å². The summed E-state index contributed by atoms with van der Waals surface area (Å²) in [6.45, 7) is 7.48. The summed E-state index contributed by atoms with van der Waals surface area (Å²) in [5.41, 5.74) is 3.35. The zero-order valence-corrected chi connectivity index (χ0v) is 17.2. The Hall–Kier alpha value is -3.02. The lowest BCUT2D eigenvalue weighted by atomic mass is 9.98. The first-order chi connectivity index (χ1) is 13.9. The molecule has 6 heteroatoms. The number of carbonyl (C=O) groups is 2. The van der Waals surface area contributed by atoms with Gasteiger partial charge in [0.25, 0.3) is 0 Å². The molecule has 0 aliphatic rings. The molecule has 2 N–H and O–H groups in total. The number of aryl methyl sites for hydroxylation is 1. The molecule has 0 aliphatic carbocycles. The van der Waals surface area contributed by atoms with Crippen LogP contribution in [0.5, 0.6) is 11.5 Å². The lowest BCUT2D eigenvalue weighted by molar-refractivity contribution is -0.138. The zero-order chi connectivity index (χ0) is 21.2. The van der Waals surface area contributed by atoms with E-state index in [0.717, 1.165) is 11.3 Å². The van der Waals surface area contributed by atoms with Crippen molar-refractivity contribution in [3.8, 4) is 11.5 Å². The lowest BCUT2D eigenvalue weighted by Gasteiger charge is -2.14. The molecule has 156 valence electrons. The Morgan fingerprint density at radius 3 is 2.45 bits per heavy atom. The maximum Gasteiger partial charge on any atom is 0.303 e. The molecule has 0 fully saturated rings. The third-order valence-electron chi connectivity index (χ3n) is 4.49. The Morgan fingerprint density at radius 2 is 1.76 bits per heavy atom. The van der Waals surface area contributed by atoms with Gasteiger partial charge in [-0.05, 0) is 42.2 Å². The zero-order valence-electron chi connectivity index (χ0n) is 17.2. The van der Waals surface area contributed by atoms with Crippen molar-refractivity contribution in [3.63, 3.8) is 0 Å². The summed E-state index contributed by atoms with van der Waals surface area (Å²) < 4.78 is 11.6. The normalized spacial score (nSPS) is 10.6. The van der Waals surface area contributed by atoms with Crippen LogP contribution in [0.25, 0.3) is 0 Å². The summed E-state index contributed by atoms with van der Waals surface area (Å²) in [5.74, 6) is 0.674. The van der Waals surface area contributed by atoms with Crippen molar-refractivity contribution in [1.29, 1.82) is 0 Å². The van der Waals surface area contributed by atoms with Gasteiger partial charge < -0.3 is 19.9 Å². The number of benzene rings is 2. The van der Waals surface area contributed by atoms with Crippen molar-refractivity contribution in [1.82, 2.24) is 5.32 Å². The van der Waals surface area contributed by atoms with Gasteiger partial charge >= 0.3 is 5.97 Å². The average molecular weight is 399 g/mol. The van der Waals surface area contributed by atoms with Gasteiger partial charge in [0.15, 0.2) is 0 Å². The van der Waals surface area contributed by atoms with Gasteiger partial charge in [-0.2, -0.15) is 0 Å². The number of amides is 1. The van der Waals surface area contributed by atoms with Gasteiger partial charge in [0, 0.05) is 18.5 Å². The number of aliphatic carboxylic acids is 1. The molecule has 0 unspecified atom stereocenters. The molecule has 2 aromatic carbocycles. The fraction of sp³-hybridized carbons (Fsp3) is 0.391. The molecule has 29 heavy (non-hydrogen) atoms. The molecule has 0 bridgehead atoms. The monoisotopic (exact) mass is 399 g/mol. The van der Waals surface area contributed by atoms with Crippen molar-refractivity contribution in [2.24, 2.45) is 0 Å². The highest BCUT2D eigenvalue weighted by molar-refractivity contribution is 5.80. The van der Waals surface area contributed by atoms with Gasteiger partial charge in [-0.25, -0.2) is 0 Å². The van der Waals surface area contributed by atoms with Crippen LogP contribution < -0.4 is 14.8 Å². The first-order valence-electron chi connectivity index (χ1n) is 9.79. The van der Waals surface area contributed by atoms with Crippen LogP contribution in [0.3, 0.4) is 0 Å². The highest BCUT2D eigenvalue weighted by Gasteiger charge is 2.08. The standard InChI is InChI=1S/C23H29NO5/c1-16(2)20-9-8-19(14-17(20)3)28-12-13-29-21-7-5-4-6-18(21)15-24-22(25)10-11-23(26)27/h4-9,14,16H,10-13,15H2,1-3H3,(H,24,25)(H,26,27). The van der Waals surface area contributed by atoms with Crippen molar-refractivity contribution >= 4 is 11.9 Å². The van der Waals surface area contributed by atoms with Crippen LogP contribution in [0, 0.1) is 6.92 Å². The summed E-state index contributed by atoms with van der Waals surface area (Å²) in [6.07, 6.45) is -0.222. The molecular formula is C23H29NO5. The number of carboxylic acid groups (broad SMARTS) is 1. The quantitative estimate of drug-likeness (QED) is 0.557. The molecule has 0 heterocycles. The third kappa shape index (κ3) is 7.49. The second-order valence-electron chi connectivity index (χ2n) is 7.15. The summed E-state index contributed by atoms with van der Waals surface area (Å²) in [4.78, 5) is 22.2. The molecule has 6 nitrogen and oxygen atoms in total. The predicted octanol–water partition coefficient (Wildman–Crippen LogP) is 4.06. The van der Waals surface area contributed by atoms with Crippen LogP contribution >= 0.6 is 0 Å². The molecule has 2 aromatic rings. The largest absolute Gasteiger partial charge is 0.490 e. The molecule has 0 spiro atoms. The van der Waals surface area contributed by atoms with Gasteiger partial charge in [0.2, 0.25) is 5.91 Å². The molecule has 1 amide bonds. The average Bonchev–Trinajstić information content (AvgIpc) is 2.68. The number of carbonyl (C=O) groups excluding carboxylic acids is 1. The summed E-state index contributed by atoms with van der Waals surface area (Å²) in [6, 6.07) is 13.5. The Labute approximate surface area is 171 Å². The van der Waals surface area contributed by atoms with Crippen LogP contribution in [0.1, 0.15) is 49.3 Å². The van der Waals surface area contributed by atoms with Gasteiger partial charge in [-0.1, -0.05) is 38.1 Å². The van der Waals surface area contributed by atoms with Crippen molar-refractivity contribution in [2.75, 3.05) is 13.2 Å². The number of nitrogens with one attached hydrogen (secondary N) is 1. The second kappa shape index (κ2) is 11.1. The van der Waals surface area contributed by atoms with Gasteiger partial charge in [0.1, 0.15) is 24.7 Å². The van der Waals surface area contributed by atoms with E-state index in [-0.39, 0.29) is 25.3 Å². The van der Waals surface area contributed by atoms with Crippen LogP contribution in [0.15, 0.2) is 42.5 Å². The summed E-state index contributed by atoms with van der Waals surface area (Å²) >= 11 is 0.